The molecule has 2 N–H and O–H groups in total. The van der Waals surface area contributed by atoms with Crippen LogP contribution in [0.5, 0.6) is 0 Å². The van der Waals surface area contributed by atoms with Crippen molar-refractivity contribution in [2.75, 3.05) is 25.0 Å². The minimum Gasteiger partial charge on any atom is -0.387 e. The minimum atomic E-state index is -0.582. The summed E-state index contributed by atoms with van der Waals surface area (Å²) >= 11 is 1.40. The molecular weight excluding hydrogens is 226 g/mol. The van der Waals surface area contributed by atoms with Gasteiger partial charge in [0, 0.05) is 24.7 Å². The first kappa shape index (κ1) is 11.5. The van der Waals surface area contributed by atoms with E-state index in [9.17, 15) is 9.90 Å². The van der Waals surface area contributed by atoms with Gasteiger partial charge in [-0.15, -0.1) is 11.3 Å². The molecule has 0 atom stereocenters. The molecule has 1 aliphatic rings. The van der Waals surface area contributed by atoms with Crippen molar-refractivity contribution in [3.8, 4) is 0 Å². The van der Waals surface area contributed by atoms with Gasteiger partial charge in [0.15, 0.2) is 5.13 Å². The van der Waals surface area contributed by atoms with Crippen LogP contribution in [-0.2, 0) is 4.79 Å². The van der Waals surface area contributed by atoms with E-state index in [0.29, 0.717) is 24.8 Å². The van der Waals surface area contributed by atoms with Gasteiger partial charge in [0.05, 0.1) is 12.1 Å². The maximum Gasteiger partial charge on any atom is 0.240 e. The van der Waals surface area contributed by atoms with Crippen LogP contribution in [0.1, 0.15) is 13.3 Å². The van der Waals surface area contributed by atoms with E-state index < -0.39 is 5.60 Å². The van der Waals surface area contributed by atoms with Crippen molar-refractivity contribution in [2.24, 2.45) is 0 Å². The lowest BCUT2D eigenvalue weighted by atomic mass is 9.91. The second kappa shape index (κ2) is 4.48. The number of nitrogens with one attached hydrogen (secondary N) is 1. The zero-order chi connectivity index (χ0) is 11.6. The Morgan fingerprint density at radius 1 is 1.75 bits per heavy atom. The van der Waals surface area contributed by atoms with Crippen LogP contribution in [0.2, 0.25) is 0 Å². The molecular formula is C10H15N3O2S. The van der Waals surface area contributed by atoms with Crippen LogP contribution in [0.15, 0.2) is 11.6 Å². The average Bonchev–Trinajstić information content (AvgIpc) is 2.67. The van der Waals surface area contributed by atoms with Gasteiger partial charge in [0.1, 0.15) is 0 Å². The SMILES string of the molecule is CCC1(O)CN(CC(=O)Nc2nccs2)C1. The molecule has 2 rings (SSSR count). The van der Waals surface area contributed by atoms with Crippen LogP contribution in [0.3, 0.4) is 0 Å². The Labute approximate surface area is 98.1 Å². The summed E-state index contributed by atoms with van der Waals surface area (Å²) in [5.41, 5.74) is -0.582. The summed E-state index contributed by atoms with van der Waals surface area (Å²) in [7, 11) is 0. The smallest absolute Gasteiger partial charge is 0.240 e. The highest BCUT2D eigenvalue weighted by atomic mass is 32.1. The molecule has 0 saturated carbocycles. The van der Waals surface area contributed by atoms with E-state index in [-0.39, 0.29) is 5.91 Å². The fraction of sp³-hybridized carbons (Fsp3) is 0.600. The molecule has 0 bridgehead atoms. The zero-order valence-corrected chi connectivity index (χ0v) is 9.96. The second-order valence-electron chi connectivity index (χ2n) is 4.11. The van der Waals surface area contributed by atoms with Gasteiger partial charge < -0.3 is 10.4 Å². The predicted octanol–water partition coefficient (Wildman–Crippen LogP) is 0.538. The van der Waals surface area contributed by atoms with Crippen molar-refractivity contribution in [3.63, 3.8) is 0 Å². The molecule has 88 valence electrons. The normalized spacial score (nSPS) is 19.1. The van der Waals surface area contributed by atoms with Gasteiger partial charge in [-0.2, -0.15) is 0 Å². The Morgan fingerprint density at radius 3 is 3.06 bits per heavy atom. The molecule has 1 aromatic heterocycles. The molecule has 16 heavy (non-hydrogen) atoms. The summed E-state index contributed by atoms with van der Waals surface area (Å²) in [6.07, 6.45) is 2.39. The van der Waals surface area contributed by atoms with Gasteiger partial charge in [-0.3, -0.25) is 9.69 Å². The first-order valence-electron chi connectivity index (χ1n) is 5.25. The van der Waals surface area contributed by atoms with Crippen molar-refractivity contribution < 1.29 is 9.90 Å². The van der Waals surface area contributed by atoms with Gasteiger partial charge in [0.25, 0.3) is 0 Å². The Kier molecular flexibility index (Phi) is 3.22. The van der Waals surface area contributed by atoms with Crippen molar-refractivity contribution in [1.82, 2.24) is 9.88 Å². The molecule has 1 aliphatic heterocycles. The van der Waals surface area contributed by atoms with Crippen LogP contribution in [0.25, 0.3) is 0 Å². The Balaban J connectivity index is 1.74. The summed E-state index contributed by atoms with van der Waals surface area (Å²) in [6.45, 7) is 3.43. The van der Waals surface area contributed by atoms with Crippen LogP contribution in [0.4, 0.5) is 5.13 Å². The highest BCUT2D eigenvalue weighted by molar-refractivity contribution is 7.13. The van der Waals surface area contributed by atoms with Crippen molar-refractivity contribution in [1.29, 1.82) is 0 Å². The number of amides is 1. The maximum atomic E-state index is 11.5. The maximum absolute atomic E-state index is 11.5. The summed E-state index contributed by atoms with van der Waals surface area (Å²) in [4.78, 5) is 17.4. The third-order valence-electron chi connectivity index (χ3n) is 2.74. The number of carbonyl (C=O) groups excluding carboxylic acids is 1. The van der Waals surface area contributed by atoms with Crippen LogP contribution in [-0.4, -0.2) is 46.1 Å². The molecule has 1 saturated heterocycles. The van der Waals surface area contributed by atoms with Crippen molar-refractivity contribution >= 4 is 22.4 Å². The van der Waals surface area contributed by atoms with E-state index in [1.165, 1.54) is 11.3 Å². The molecule has 6 heteroatoms. The number of rotatable bonds is 4. The van der Waals surface area contributed by atoms with E-state index >= 15 is 0 Å². The number of thiazole rings is 1. The van der Waals surface area contributed by atoms with Gasteiger partial charge in [-0.25, -0.2) is 4.98 Å². The van der Waals surface area contributed by atoms with Gasteiger partial charge in [-0.1, -0.05) is 6.92 Å². The lowest BCUT2D eigenvalue weighted by Crippen LogP contribution is -2.62. The average molecular weight is 241 g/mol. The summed E-state index contributed by atoms with van der Waals surface area (Å²) in [5, 5.41) is 14.9. The molecule has 1 amide bonds. The summed E-state index contributed by atoms with van der Waals surface area (Å²) in [6, 6.07) is 0. The fourth-order valence-corrected chi connectivity index (χ4v) is 2.31. The molecule has 0 unspecified atom stereocenters. The second-order valence-corrected chi connectivity index (χ2v) is 5.00. The largest absolute Gasteiger partial charge is 0.387 e. The predicted molar refractivity (Wildman–Crippen MR) is 62.4 cm³/mol. The molecule has 0 aliphatic carbocycles. The number of nitrogens with zero attached hydrogens (tertiary/aromatic N) is 2. The number of aliphatic hydroxyl groups is 1. The van der Waals surface area contributed by atoms with Crippen LogP contribution in [0, 0.1) is 0 Å². The number of β-amino-alcohol motifs (C(OH)–C–C–N with tert-alkyl or cyclic N) is 1. The number of aromatic nitrogens is 1. The van der Waals surface area contributed by atoms with Gasteiger partial charge in [0.2, 0.25) is 5.91 Å². The first-order valence-corrected chi connectivity index (χ1v) is 6.13. The number of anilines is 1. The van der Waals surface area contributed by atoms with Crippen molar-refractivity contribution in [2.45, 2.75) is 18.9 Å². The van der Waals surface area contributed by atoms with E-state index in [4.69, 9.17) is 0 Å². The molecule has 2 heterocycles. The van der Waals surface area contributed by atoms with E-state index in [0.717, 1.165) is 6.42 Å². The third kappa shape index (κ3) is 2.58. The Bertz CT molecular complexity index is 360. The summed E-state index contributed by atoms with van der Waals surface area (Å²) in [5.74, 6) is -0.0758. The minimum absolute atomic E-state index is 0.0758. The Hall–Kier alpha value is -0.980. The highest BCUT2D eigenvalue weighted by Gasteiger charge is 2.39. The lowest BCUT2D eigenvalue weighted by molar-refractivity contribution is -0.128. The van der Waals surface area contributed by atoms with Gasteiger partial charge >= 0.3 is 0 Å². The topological polar surface area (TPSA) is 65.5 Å². The van der Waals surface area contributed by atoms with Gasteiger partial charge in [-0.05, 0) is 6.42 Å². The van der Waals surface area contributed by atoms with Crippen molar-refractivity contribution in [3.05, 3.63) is 11.6 Å². The number of likely N-dealkylation sites (tertiary alicyclic amines) is 1. The number of hydrogen-bond donors (Lipinski definition) is 2. The third-order valence-corrected chi connectivity index (χ3v) is 3.43. The number of carbonyl (C=O) groups is 1. The highest BCUT2D eigenvalue weighted by Crippen LogP contribution is 2.23. The lowest BCUT2D eigenvalue weighted by Gasteiger charge is -2.45. The monoisotopic (exact) mass is 241 g/mol. The fourth-order valence-electron chi connectivity index (χ4n) is 1.77. The van der Waals surface area contributed by atoms with Crippen LogP contribution >= 0.6 is 11.3 Å². The molecule has 0 radical (unpaired) electrons. The molecule has 0 aromatic carbocycles. The molecule has 1 fully saturated rings. The van der Waals surface area contributed by atoms with Crippen LogP contribution < -0.4 is 5.32 Å². The molecule has 1 aromatic rings. The summed E-state index contributed by atoms with van der Waals surface area (Å²) < 4.78 is 0. The Morgan fingerprint density at radius 2 is 2.50 bits per heavy atom. The molecule has 5 nitrogen and oxygen atoms in total. The quantitative estimate of drug-likeness (QED) is 0.807. The van der Waals surface area contributed by atoms with E-state index in [1.54, 1.807) is 6.20 Å². The number of hydrogen-bond acceptors (Lipinski definition) is 5. The molecule has 0 spiro atoms. The van der Waals surface area contributed by atoms with E-state index in [2.05, 4.69) is 10.3 Å². The zero-order valence-electron chi connectivity index (χ0n) is 9.14. The standard InChI is InChI=1S/C10H15N3O2S/c1-2-10(15)6-13(7-10)5-8(14)12-9-11-3-4-16-9/h3-4,15H,2,5-7H2,1H3,(H,11,12,14). The first-order chi connectivity index (χ1) is 7.61. The van der Waals surface area contributed by atoms with E-state index in [1.807, 2.05) is 17.2 Å².